The highest BCUT2D eigenvalue weighted by atomic mass is 35.5. The van der Waals surface area contributed by atoms with E-state index in [1.54, 1.807) is 0 Å². The van der Waals surface area contributed by atoms with Gasteiger partial charge in [-0.1, -0.05) is 23.7 Å². The number of hydrogen-bond donors (Lipinski definition) is 2. The summed E-state index contributed by atoms with van der Waals surface area (Å²) in [6.45, 7) is 4.55. The second kappa shape index (κ2) is 10.0. The quantitative estimate of drug-likeness (QED) is 0.531. The van der Waals surface area contributed by atoms with Crippen molar-refractivity contribution in [2.45, 2.75) is 37.1 Å². The standard InChI is InChI=1S/C23H31ClN4OS/c1-25-22(27-20-7-11-28(12-8-20)21-6-3-15-30-21)26-17-23(9-13-29-14-10-23)18-4-2-5-19(24)16-18/h2-6,15-16,20H,7-14,17H2,1H3,(H2,25,26,27). The largest absolute Gasteiger partial charge is 0.381 e. The zero-order chi connectivity index (χ0) is 20.8. The first kappa shape index (κ1) is 21.5. The SMILES string of the molecule is CN=C(NCC1(c2cccc(Cl)c2)CCOCC1)NC1CCN(c2cccs2)CC1. The minimum atomic E-state index is 0.0172. The van der Waals surface area contributed by atoms with Gasteiger partial charge in [-0.05, 0) is 60.9 Å². The predicted octanol–water partition coefficient (Wildman–Crippen LogP) is 4.28. The van der Waals surface area contributed by atoms with Gasteiger partial charge < -0.3 is 20.3 Å². The number of rotatable bonds is 5. The summed E-state index contributed by atoms with van der Waals surface area (Å²) in [5, 5.41) is 11.6. The summed E-state index contributed by atoms with van der Waals surface area (Å²) in [6, 6.07) is 13.1. The Morgan fingerprint density at radius 3 is 2.70 bits per heavy atom. The van der Waals surface area contributed by atoms with Gasteiger partial charge in [0, 0.05) is 56.4 Å². The topological polar surface area (TPSA) is 48.9 Å². The molecule has 4 rings (SSSR count). The average molecular weight is 447 g/mol. The van der Waals surface area contributed by atoms with Gasteiger partial charge in [0.05, 0.1) is 5.00 Å². The smallest absolute Gasteiger partial charge is 0.191 e. The Labute approximate surface area is 188 Å². The number of ether oxygens (including phenoxy) is 1. The van der Waals surface area contributed by atoms with E-state index < -0.39 is 0 Å². The van der Waals surface area contributed by atoms with Gasteiger partial charge in [-0.25, -0.2) is 0 Å². The van der Waals surface area contributed by atoms with Gasteiger partial charge in [0.15, 0.2) is 5.96 Å². The Balaban J connectivity index is 1.35. The van der Waals surface area contributed by atoms with E-state index in [2.05, 4.69) is 50.2 Å². The maximum Gasteiger partial charge on any atom is 0.191 e. The molecule has 1 aromatic heterocycles. The van der Waals surface area contributed by atoms with Crippen LogP contribution >= 0.6 is 22.9 Å². The van der Waals surface area contributed by atoms with Gasteiger partial charge in [-0.15, -0.1) is 11.3 Å². The lowest BCUT2D eigenvalue weighted by Gasteiger charge is -2.39. The highest BCUT2D eigenvalue weighted by Gasteiger charge is 2.35. The van der Waals surface area contributed by atoms with Crippen LogP contribution in [0.25, 0.3) is 0 Å². The van der Waals surface area contributed by atoms with Gasteiger partial charge in [0.2, 0.25) is 0 Å². The highest BCUT2D eigenvalue weighted by molar-refractivity contribution is 7.14. The van der Waals surface area contributed by atoms with Crippen LogP contribution in [-0.2, 0) is 10.2 Å². The molecule has 2 aliphatic rings. The van der Waals surface area contributed by atoms with Crippen LogP contribution in [0.2, 0.25) is 5.02 Å². The van der Waals surface area contributed by atoms with E-state index in [1.165, 1.54) is 10.6 Å². The normalized spacial score (nSPS) is 20.2. The Kier molecular flexibility index (Phi) is 7.18. The van der Waals surface area contributed by atoms with Crippen LogP contribution in [0, 0.1) is 0 Å². The van der Waals surface area contributed by atoms with Crippen molar-refractivity contribution >= 4 is 33.9 Å². The number of benzene rings is 1. The molecule has 2 aromatic rings. The van der Waals surface area contributed by atoms with Crippen LogP contribution in [0.3, 0.4) is 0 Å². The minimum absolute atomic E-state index is 0.0172. The van der Waals surface area contributed by atoms with E-state index in [0.29, 0.717) is 6.04 Å². The number of thiophene rings is 1. The lowest BCUT2D eigenvalue weighted by atomic mass is 9.74. The molecule has 0 amide bonds. The fourth-order valence-corrected chi connectivity index (χ4v) is 5.46. The molecule has 2 saturated heterocycles. The van der Waals surface area contributed by atoms with Gasteiger partial charge in [0.1, 0.15) is 0 Å². The van der Waals surface area contributed by atoms with Crippen molar-refractivity contribution in [3.8, 4) is 0 Å². The Hall–Kier alpha value is -1.76. The molecule has 3 heterocycles. The van der Waals surface area contributed by atoms with Crippen molar-refractivity contribution in [1.82, 2.24) is 10.6 Å². The first-order valence-electron chi connectivity index (χ1n) is 10.8. The molecule has 30 heavy (non-hydrogen) atoms. The predicted molar refractivity (Wildman–Crippen MR) is 127 cm³/mol. The van der Waals surface area contributed by atoms with Crippen LogP contribution in [0.5, 0.6) is 0 Å². The van der Waals surface area contributed by atoms with Gasteiger partial charge in [-0.2, -0.15) is 0 Å². The minimum Gasteiger partial charge on any atom is -0.381 e. The van der Waals surface area contributed by atoms with Crippen molar-refractivity contribution in [3.05, 3.63) is 52.4 Å². The summed E-state index contributed by atoms with van der Waals surface area (Å²) in [4.78, 5) is 6.98. The number of nitrogens with one attached hydrogen (secondary N) is 2. The van der Waals surface area contributed by atoms with Crippen LogP contribution in [0.4, 0.5) is 5.00 Å². The van der Waals surface area contributed by atoms with Crippen molar-refractivity contribution < 1.29 is 4.74 Å². The van der Waals surface area contributed by atoms with Crippen LogP contribution < -0.4 is 15.5 Å². The average Bonchev–Trinajstić information content (AvgIpc) is 3.33. The zero-order valence-electron chi connectivity index (χ0n) is 17.6. The number of aliphatic imine (C=N–C) groups is 1. The first-order valence-corrected chi connectivity index (χ1v) is 12.0. The summed E-state index contributed by atoms with van der Waals surface area (Å²) in [7, 11) is 1.85. The van der Waals surface area contributed by atoms with Crippen molar-refractivity contribution in [2.24, 2.45) is 4.99 Å². The summed E-state index contributed by atoms with van der Waals surface area (Å²) in [5.74, 6) is 0.887. The molecule has 0 bridgehead atoms. The molecule has 0 unspecified atom stereocenters. The van der Waals surface area contributed by atoms with Gasteiger partial charge in [0.25, 0.3) is 0 Å². The highest BCUT2D eigenvalue weighted by Crippen LogP contribution is 2.35. The third-order valence-corrected chi connectivity index (χ3v) is 7.52. The fraction of sp³-hybridized carbons (Fsp3) is 0.522. The molecule has 5 nitrogen and oxygen atoms in total. The Morgan fingerprint density at radius 2 is 2.03 bits per heavy atom. The van der Waals surface area contributed by atoms with E-state index in [-0.39, 0.29) is 5.41 Å². The number of hydrogen-bond acceptors (Lipinski definition) is 4. The lowest BCUT2D eigenvalue weighted by molar-refractivity contribution is 0.0513. The molecule has 0 radical (unpaired) electrons. The maximum absolute atomic E-state index is 6.30. The number of anilines is 1. The summed E-state index contributed by atoms with van der Waals surface area (Å²) >= 11 is 8.12. The molecule has 2 aliphatic heterocycles. The summed E-state index contributed by atoms with van der Waals surface area (Å²) in [6.07, 6.45) is 4.20. The number of piperidine rings is 1. The fourth-order valence-electron chi connectivity index (χ4n) is 4.48. The lowest BCUT2D eigenvalue weighted by Crippen LogP contribution is -2.52. The van der Waals surface area contributed by atoms with Crippen molar-refractivity contribution in [1.29, 1.82) is 0 Å². The summed E-state index contributed by atoms with van der Waals surface area (Å²) < 4.78 is 5.66. The molecular formula is C23H31ClN4OS. The van der Waals surface area contributed by atoms with E-state index >= 15 is 0 Å². The molecule has 0 spiro atoms. The molecule has 1 aromatic carbocycles. The van der Waals surface area contributed by atoms with Gasteiger partial charge >= 0.3 is 0 Å². The van der Waals surface area contributed by atoms with Crippen LogP contribution in [-0.4, -0.2) is 51.9 Å². The molecule has 162 valence electrons. The maximum atomic E-state index is 6.30. The molecular weight excluding hydrogens is 416 g/mol. The van der Waals surface area contributed by atoms with E-state index in [4.69, 9.17) is 16.3 Å². The molecule has 7 heteroatoms. The summed E-state index contributed by atoms with van der Waals surface area (Å²) in [5.41, 5.74) is 1.30. The van der Waals surface area contributed by atoms with Crippen molar-refractivity contribution in [3.63, 3.8) is 0 Å². The number of nitrogens with zero attached hydrogens (tertiary/aromatic N) is 2. The number of guanidine groups is 1. The van der Waals surface area contributed by atoms with E-state index in [1.807, 2.05) is 30.5 Å². The Bertz CT molecular complexity index is 827. The monoisotopic (exact) mass is 446 g/mol. The Morgan fingerprint density at radius 1 is 1.23 bits per heavy atom. The first-order chi connectivity index (χ1) is 14.7. The number of halogens is 1. The van der Waals surface area contributed by atoms with Crippen LogP contribution in [0.15, 0.2) is 46.8 Å². The molecule has 2 N–H and O–H groups in total. The third-order valence-electron chi connectivity index (χ3n) is 6.36. The second-order valence-electron chi connectivity index (χ2n) is 8.19. The van der Waals surface area contributed by atoms with E-state index in [9.17, 15) is 0 Å². The molecule has 0 atom stereocenters. The third kappa shape index (κ3) is 5.10. The van der Waals surface area contributed by atoms with Crippen molar-refractivity contribution in [2.75, 3.05) is 44.8 Å². The molecule has 0 aliphatic carbocycles. The van der Waals surface area contributed by atoms with Crippen LogP contribution in [0.1, 0.15) is 31.2 Å². The van der Waals surface area contributed by atoms with Gasteiger partial charge in [-0.3, -0.25) is 4.99 Å². The van der Waals surface area contributed by atoms with E-state index in [0.717, 1.165) is 69.5 Å². The second-order valence-corrected chi connectivity index (χ2v) is 9.55. The molecule has 2 fully saturated rings. The molecule has 0 saturated carbocycles. The zero-order valence-corrected chi connectivity index (χ0v) is 19.1.